The van der Waals surface area contributed by atoms with Gasteiger partial charge in [-0.05, 0) is 29.8 Å². The second-order valence-corrected chi connectivity index (χ2v) is 7.38. The minimum Gasteiger partial charge on any atom is -0.268 e. The predicted octanol–water partition coefficient (Wildman–Crippen LogP) is 5.41. The Morgan fingerprint density at radius 3 is 2.61 bits per heavy atom. The van der Waals surface area contributed by atoms with E-state index in [0.717, 1.165) is 15.7 Å². The number of hydrogen-bond donors (Lipinski definition) is 0. The number of rotatable bonds is 3. The highest BCUT2D eigenvalue weighted by molar-refractivity contribution is 9.10. The summed E-state index contributed by atoms with van der Waals surface area (Å²) in [7, 11) is 0. The Labute approximate surface area is 153 Å². The summed E-state index contributed by atoms with van der Waals surface area (Å²) in [5, 5.41) is 0. The third-order valence-electron chi connectivity index (χ3n) is 3.20. The van der Waals surface area contributed by atoms with Gasteiger partial charge in [0.1, 0.15) is 0 Å². The fraction of sp³-hybridized carbons (Fsp3) is 0. The van der Waals surface area contributed by atoms with E-state index in [0.29, 0.717) is 9.23 Å². The highest BCUT2D eigenvalue weighted by Crippen LogP contribution is 2.35. The maximum absolute atomic E-state index is 12.6. The van der Waals surface area contributed by atoms with Gasteiger partial charge in [0.2, 0.25) is 0 Å². The molecule has 0 atom stereocenters. The Balaban J connectivity index is 1.81. The van der Waals surface area contributed by atoms with Gasteiger partial charge in [0.15, 0.2) is 4.32 Å². The molecule has 0 bridgehead atoms. The molecule has 3 rings (SSSR count). The summed E-state index contributed by atoms with van der Waals surface area (Å²) in [5.74, 6) is -0.0872. The van der Waals surface area contributed by atoms with Crippen LogP contribution in [0, 0.1) is 0 Å². The van der Waals surface area contributed by atoms with Crippen LogP contribution in [0.15, 0.2) is 76.1 Å². The number of carbonyl (C=O) groups is 1. The van der Waals surface area contributed by atoms with Crippen LogP contribution in [0.5, 0.6) is 0 Å². The predicted molar refractivity (Wildman–Crippen MR) is 105 cm³/mol. The van der Waals surface area contributed by atoms with Crippen LogP contribution in [0.4, 0.5) is 5.69 Å². The average molecular weight is 402 g/mol. The van der Waals surface area contributed by atoms with E-state index in [2.05, 4.69) is 15.9 Å². The van der Waals surface area contributed by atoms with Crippen molar-refractivity contribution in [2.24, 2.45) is 0 Å². The molecule has 0 radical (unpaired) electrons. The first-order valence-electron chi connectivity index (χ1n) is 6.90. The van der Waals surface area contributed by atoms with E-state index in [-0.39, 0.29) is 5.91 Å². The van der Waals surface area contributed by atoms with Crippen molar-refractivity contribution in [3.05, 3.63) is 81.7 Å². The molecule has 0 aliphatic carbocycles. The summed E-state index contributed by atoms with van der Waals surface area (Å²) < 4.78 is 1.46. The summed E-state index contributed by atoms with van der Waals surface area (Å²) in [6.45, 7) is 0. The number of allylic oxidation sites excluding steroid dienone is 2. The molecule has 114 valence electrons. The molecule has 2 aromatic carbocycles. The first-order valence-corrected chi connectivity index (χ1v) is 8.92. The molecule has 0 saturated carbocycles. The molecule has 0 spiro atoms. The quantitative estimate of drug-likeness (QED) is 0.506. The van der Waals surface area contributed by atoms with Crippen molar-refractivity contribution in [2.45, 2.75) is 0 Å². The zero-order chi connectivity index (χ0) is 16.2. The summed E-state index contributed by atoms with van der Waals surface area (Å²) in [6.07, 6.45) is 5.65. The Kier molecular flexibility index (Phi) is 5.10. The van der Waals surface area contributed by atoms with Gasteiger partial charge < -0.3 is 0 Å². The summed E-state index contributed by atoms with van der Waals surface area (Å²) >= 11 is 10.1. The minimum atomic E-state index is -0.0872. The fourth-order valence-electron chi connectivity index (χ4n) is 2.13. The first kappa shape index (κ1) is 16.2. The van der Waals surface area contributed by atoms with Crippen LogP contribution < -0.4 is 4.90 Å². The van der Waals surface area contributed by atoms with Crippen molar-refractivity contribution in [1.29, 1.82) is 0 Å². The number of benzene rings is 2. The van der Waals surface area contributed by atoms with Crippen molar-refractivity contribution >= 4 is 61.9 Å². The van der Waals surface area contributed by atoms with E-state index in [1.54, 1.807) is 4.90 Å². The van der Waals surface area contributed by atoms with Gasteiger partial charge >= 0.3 is 0 Å². The molecule has 1 heterocycles. The van der Waals surface area contributed by atoms with Crippen molar-refractivity contribution in [3.63, 3.8) is 0 Å². The van der Waals surface area contributed by atoms with Gasteiger partial charge in [0.05, 0.1) is 10.6 Å². The minimum absolute atomic E-state index is 0.0872. The second-order valence-electron chi connectivity index (χ2n) is 4.79. The molecular weight excluding hydrogens is 390 g/mol. The molecule has 2 aromatic rings. The smallest absolute Gasteiger partial charge is 0.268 e. The molecule has 1 aliphatic heterocycles. The molecule has 1 amide bonds. The molecule has 1 aliphatic rings. The highest BCUT2D eigenvalue weighted by Gasteiger charge is 2.32. The largest absolute Gasteiger partial charge is 0.270 e. The van der Waals surface area contributed by atoms with Gasteiger partial charge in [-0.1, -0.05) is 88.5 Å². The SMILES string of the molecule is O=C1/C(=C/C=C/c2ccccc2)SC(=S)N1c1cccc(Br)c1. The van der Waals surface area contributed by atoms with Gasteiger partial charge in [-0.2, -0.15) is 0 Å². The Hall–Kier alpha value is -1.69. The van der Waals surface area contributed by atoms with Crippen molar-refractivity contribution in [1.82, 2.24) is 0 Å². The van der Waals surface area contributed by atoms with Crippen molar-refractivity contribution in [2.75, 3.05) is 4.90 Å². The number of hydrogen-bond acceptors (Lipinski definition) is 3. The van der Waals surface area contributed by atoms with Gasteiger partial charge in [0.25, 0.3) is 5.91 Å². The number of anilines is 1. The Bertz CT molecular complexity index is 815. The third-order valence-corrected chi connectivity index (χ3v) is 5.01. The van der Waals surface area contributed by atoms with E-state index >= 15 is 0 Å². The summed E-state index contributed by atoms with van der Waals surface area (Å²) in [6, 6.07) is 17.5. The maximum Gasteiger partial charge on any atom is 0.270 e. The number of carbonyl (C=O) groups excluding carboxylic acids is 1. The van der Waals surface area contributed by atoms with Crippen LogP contribution in [-0.4, -0.2) is 10.2 Å². The molecule has 0 unspecified atom stereocenters. The number of halogens is 1. The monoisotopic (exact) mass is 401 g/mol. The van der Waals surface area contributed by atoms with E-state index in [9.17, 15) is 4.79 Å². The van der Waals surface area contributed by atoms with E-state index in [1.165, 1.54) is 11.8 Å². The molecule has 0 aromatic heterocycles. The zero-order valence-corrected chi connectivity index (χ0v) is 15.2. The highest BCUT2D eigenvalue weighted by atomic mass is 79.9. The average Bonchev–Trinajstić information content (AvgIpc) is 2.82. The van der Waals surface area contributed by atoms with Crippen LogP contribution in [-0.2, 0) is 4.79 Å². The van der Waals surface area contributed by atoms with Crippen molar-refractivity contribution in [3.8, 4) is 0 Å². The van der Waals surface area contributed by atoms with Gasteiger partial charge in [0, 0.05) is 4.47 Å². The molecule has 23 heavy (non-hydrogen) atoms. The standard InChI is InChI=1S/C18H12BrNOS2/c19-14-9-5-10-15(12-14)20-17(21)16(23-18(20)22)11-4-8-13-6-2-1-3-7-13/h1-12H/b8-4+,16-11-. The Morgan fingerprint density at radius 1 is 1.09 bits per heavy atom. The zero-order valence-electron chi connectivity index (χ0n) is 12.0. The molecule has 0 N–H and O–H groups in total. The van der Waals surface area contributed by atoms with Crippen LogP contribution in [0.3, 0.4) is 0 Å². The van der Waals surface area contributed by atoms with Crippen LogP contribution in [0.25, 0.3) is 6.08 Å². The lowest BCUT2D eigenvalue weighted by molar-refractivity contribution is -0.113. The summed E-state index contributed by atoms with van der Waals surface area (Å²) in [4.78, 5) is 14.8. The molecule has 1 saturated heterocycles. The number of nitrogens with zero attached hydrogens (tertiary/aromatic N) is 1. The van der Waals surface area contributed by atoms with Gasteiger partial charge in [-0.15, -0.1) is 0 Å². The molecule has 5 heteroatoms. The van der Waals surface area contributed by atoms with Crippen molar-refractivity contribution < 1.29 is 4.79 Å². The maximum atomic E-state index is 12.6. The van der Waals surface area contributed by atoms with E-state index in [1.807, 2.05) is 72.8 Å². The second kappa shape index (κ2) is 7.25. The molecule has 1 fully saturated rings. The number of thiocarbonyl (C=S) groups is 1. The van der Waals surface area contributed by atoms with Gasteiger partial charge in [-0.3, -0.25) is 9.69 Å². The van der Waals surface area contributed by atoms with E-state index < -0.39 is 0 Å². The van der Waals surface area contributed by atoms with Crippen LogP contribution >= 0.6 is 39.9 Å². The van der Waals surface area contributed by atoms with Crippen LogP contribution in [0.2, 0.25) is 0 Å². The lowest BCUT2D eigenvalue weighted by Crippen LogP contribution is -2.27. The lowest BCUT2D eigenvalue weighted by Gasteiger charge is -2.14. The van der Waals surface area contributed by atoms with Crippen LogP contribution in [0.1, 0.15) is 5.56 Å². The van der Waals surface area contributed by atoms with Gasteiger partial charge in [-0.25, -0.2) is 0 Å². The fourth-order valence-corrected chi connectivity index (χ4v) is 3.77. The first-order chi connectivity index (χ1) is 11.1. The molecular formula is C18H12BrNOS2. The van der Waals surface area contributed by atoms with E-state index in [4.69, 9.17) is 12.2 Å². The number of thioether (sulfide) groups is 1. The third kappa shape index (κ3) is 3.80. The topological polar surface area (TPSA) is 20.3 Å². The summed E-state index contributed by atoms with van der Waals surface area (Å²) in [5.41, 5.74) is 1.86. The lowest BCUT2D eigenvalue weighted by atomic mass is 10.2. The normalized spacial score (nSPS) is 16.7. The number of amides is 1. The molecule has 2 nitrogen and oxygen atoms in total. The Morgan fingerprint density at radius 2 is 1.87 bits per heavy atom.